The molecule has 0 aromatic heterocycles. The molecule has 2 aliphatic rings. The topological polar surface area (TPSA) is 89.5 Å². The molecule has 8 atom stereocenters. The van der Waals surface area contributed by atoms with Gasteiger partial charge in [0.25, 0.3) is 0 Å². The maximum absolute atomic E-state index is 14.1. The fraction of sp³-hybridized carbons (Fsp3) is 0.818. The van der Waals surface area contributed by atoms with Crippen LogP contribution in [0, 0.1) is 11.8 Å². The van der Waals surface area contributed by atoms with E-state index in [9.17, 15) is 8.42 Å². The molecule has 0 N–H and O–H groups in total. The molecule has 0 saturated carbocycles. The van der Waals surface area contributed by atoms with Crippen molar-refractivity contribution in [2.75, 3.05) is 26.1 Å². The third kappa shape index (κ3) is 12.9. The molecule has 1 aromatic rings. The van der Waals surface area contributed by atoms with Gasteiger partial charge in [-0.25, -0.2) is 8.42 Å². The maximum Gasteiger partial charge on any atom is 0.192 e. The van der Waals surface area contributed by atoms with E-state index >= 15 is 0 Å². The summed E-state index contributed by atoms with van der Waals surface area (Å²) in [6.45, 7) is 37.4. The van der Waals surface area contributed by atoms with Gasteiger partial charge in [0.05, 0.1) is 53.9 Å². The van der Waals surface area contributed by atoms with Gasteiger partial charge in [0.2, 0.25) is 0 Å². The minimum absolute atomic E-state index is 0.000640. The highest BCUT2D eigenvalue weighted by Gasteiger charge is 2.50. The molecule has 1 aromatic carbocycles. The lowest BCUT2D eigenvalue weighted by Gasteiger charge is -2.42. The summed E-state index contributed by atoms with van der Waals surface area (Å²) in [5.74, 6) is -0.217. The van der Waals surface area contributed by atoms with E-state index in [1.807, 2.05) is 6.07 Å². The lowest BCUT2D eigenvalue weighted by Crippen LogP contribution is -2.49. The molecule has 2 saturated heterocycles. The predicted molar refractivity (Wildman–Crippen MR) is 240 cm³/mol. The Kier molecular flexibility index (Phi) is 18.0. The normalized spacial score (nSPS) is 26.5. The van der Waals surface area contributed by atoms with Crippen LogP contribution in [-0.2, 0) is 37.3 Å². The van der Waals surface area contributed by atoms with Gasteiger partial charge >= 0.3 is 0 Å². The van der Waals surface area contributed by atoms with Crippen LogP contribution in [0.15, 0.2) is 47.4 Å². The molecule has 4 unspecified atom stereocenters. The van der Waals surface area contributed by atoms with Gasteiger partial charge in [-0.3, -0.25) is 0 Å². The van der Waals surface area contributed by atoms with Crippen molar-refractivity contribution in [2.24, 2.45) is 11.8 Å². The number of ether oxygens (including phenoxy) is 3. The molecule has 324 valence electrons. The summed E-state index contributed by atoms with van der Waals surface area (Å²) in [6.07, 6.45) is 2.22. The summed E-state index contributed by atoms with van der Waals surface area (Å²) in [6, 6.07) is 12.2. The second-order valence-corrected chi connectivity index (χ2v) is 36.3. The highest BCUT2D eigenvalue weighted by molar-refractivity contribution is 7.91. The molecule has 3 rings (SSSR count). The molecule has 2 heterocycles. The van der Waals surface area contributed by atoms with Crippen molar-refractivity contribution >= 4 is 34.8 Å². The van der Waals surface area contributed by atoms with Crippen molar-refractivity contribution in [1.29, 1.82) is 0 Å². The van der Waals surface area contributed by atoms with E-state index in [4.69, 9.17) is 27.5 Å². The summed E-state index contributed by atoms with van der Waals surface area (Å²) in [5.41, 5.74) is 1.06. The van der Waals surface area contributed by atoms with Gasteiger partial charge < -0.3 is 27.5 Å². The monoisotopic (exact) mass is 855 g/mol. The fourth-order valence-corrected chi connectivity index (χ4v) is 14.6. The van der Waals surface area contributed by atoms with Crippen LogP contribution < -0.4 is 0 Å². The van der Waals surface area contributed by atoms with Crippen LogP contribution in [0.5, 0.6) is 0 Å². The first-order chi connectivity index (χ1) is 25.9. The molecule has 2 fully saturated rings. The third-order valence-corrected chi connectivity index (χ3v) is 29.6. The van der Waals surface area contributed by atoms with Crippen molar-refractivity contribution < 1.29 is 35.9 Å². The van der Waals surface area contributed by atoms with E-state index in [1.165, 1.54) is 0 Å². The van der Waals surface area contributed by atoms with E-state index in [1.54, 1.807) is 31.4 Å². The van der Waals surface area contributed by atoms with Crippen molar-refractivity contribution in [3.63, 3.8) is 0 Å². The van der Waals surface area contributed by atoms with Gasteiger partial charge in [0.1, 0.15) is 0 Å². The third-order valence-electron chi connectivity index (χ3n) is 14.1. The second kappa shape index (κ2) is 20.3. The summed E-state index contributed by atoms with van der Waals surface area (Å²) in [7, 11) is -7.92. The molecule has 0 bridgehead atoms. The first kappa shape index (κ1) is 49.7. The molecule has 56 heavy (non-hydrogen) atoms. The minimum atomic E-state index is -3.65. The minimum Gasteiger partial charge on any atom is -0.417 e. The maximum atomic E-state index is 14.1. The number of rotatable bonds is 21. The van der Waals surface area contributed by atoms with Crippen LogP contribution in [-0.4, -0.2) is 96.1 Å². The largest absolute Gasteiger partial charge is 0.417 e. The van der Waals surface area contributed by atoms with E-state index in [0.717, 1.165) is 49.6 Å². The molecule has 0 amide bonds. The number of benzene rings is 1. The van der Waals surface area contributed by atoms with Crippen molar-refractivity contribution in [3.05, 3.63) is 42.5 Å². The fourth-order valence-electron chi connectivity index (χ4n) is 7.83. The van der Waals surface area contributed by atoms with Crippen LogP contribution in [0.1, 0.15) is 101 Å². The average molecular weight is 855 g/mol. The Hall–Kier alpha value is -0.679. The van der Waals surface area contributed by atoms with Crippen molar-refractivity contribution in [2.45, 2.75) is 197 Å². The number of hydrogen-bond donors (Lipinski definition) is 0. The van der Waals surface area contributed by atoms with Crippen LogP contribution in [0.3, 0.4) is 0 Å². The summed E-state index contributed by atoms with van der Waals surface area (Å²) >= 11 is 0. The number of methoxy groups -OCH3 is 1. The molecular formula is C44H82O8SSi3. The molecule has 8 nitrogen and oxygen atoms in total. The lowest BCUT2D eigenvalue weighted by atomic mass is 9.83. The first-order valence-electron chi connectivity index (χ1n) is 21.6. The van der Waals surface area contributed by atoms with Crippen LogP contribution >= 0.6 is 0 Å². The Morgan fingerprint density at radius 1 is 0.875 bits per heavy atom. The Morgan fingerprint density at radius 3 is 2.00 bits per heavy atom. The van der Waals surface area contributed by atoms with Gasteiger partial charge in [-0.2, -0.15) is 0 Å². The first-order valence-corrected chi connectivity index (χ1v) is 31.6. The molecule has 0 spiro atoms. The molecule has 0 aliphatic carbocycles. The predicted octanol–water partition coefficient (Wildman–Crippen LogP) is 11.2. The molecule has 0 radical (unpaired) electrons. The van der Waals surface area contributed by atoms with Crippen LogP contribution in [0.2, 0.25) is 54.4 Å². The van der Waals surface area contributed by atoms with Gasteiger partial charge in [-0.05, 0) is 97.3 Å². The number of hydrogen-bond acceptors (Lipinski definition) is 8. The second-order valence-electron chi connectivity index (χ2n) is 19.9. The zero-order valence-corrected chi connectivity index (χ0v) is 42.0. The van der Waals surface area contributed by atoms with Gasteiger partial charge in [0, 0.05) is 32.5 Å². The molecule has 2 aliphatic heterocycles. The lowest BCUT2D eigenvalue weighted by molar-refractivity contribution is -0.0759. The Balaban J connectivity index is 1.92. The molecule has 12 heteroatoms. The highest BCUT2D eigenvalue weighted by atomic mass is 32.2. The Morgan fingerprint density at radius 2 is 1.46 bits per heavy atom. The zero-order chi connectivity index (χ0) is 42.3. The smallest absolute Gasteiger partial charge is 0.192 e. The van der Waals surface area contributed by atoms with Gasteiger partial charge in [0.15, 0.2) is 34.8 Å². The summed E-state index contributed by atoms with van der Waals surface area (Å²) in [4.78, 5) is 0.314. The van der Waals surface area contributed by atoms with Crippen molar-refractivity contribution in [3.8, 4) is 0 Å². The SMILES string of the molecule is C=C1C(C)C[C@H](CCCO[Si](CC)(CC)CC)O[C@@H]1CC1O[C@H](CC(CO[Si](C)(C)C(C)(C)C)O[Si](C)(C)C(C)(C)C)[C@H](OC)C1CS(=O)(=O)c1ccccc1. The molecular weight excluding hydrogens is 773 g/mol. The van der Waals surface area contributed by atoms with E-state index < -0.39 is 52.9 Å². The van der Waals surface area contributed by atoms with Crippen LogP contribution in [0.4, 0.5) is 0 Å². The Labute approximate surface area is 346 Å². The average Bonchev–Trinajstić information content (AvgIpc) is 3.42. The van der Waals surface area contributed by atoms with E-state index in [-0.39, 0.29) is 46.2 Å². The zero-order valence-electron chi connectivity index (χ0n) is 38.2. The quantitative estimate of drug-likeness (QED) is 0.0686. The highest BCUT2D eigenvalue weighted by Crippen LogP contribution is 2.43. The standard InChI is InChI=1S/C44H82O8SSi3/c1-17-56(18-2,19-3)48-27-23-24-35-28-33(4)34(5)39(50-35)30-40-38(32-53(45,46)37-25-21-20-22-26-37)42(47-12)41(51-40)29-36(52-55(15,16)44(9,10)11)31-49-54(13,14)43(6,7)8/h20-22,25-26,33,35-36,38-42H,5,17-19,23-24,27-32H2,1-4,6-16H3/t33?,35-,36?,38?,39+,40?,41+,42+/m0/s1. The van der Waals surface area contributed by atoms with E-state index in [0.29, 0.717) is 24.3 Å². The Bertz CT molecular complexity index is 1460. The number of sulfone groups is 1. The van der Waals surface area contributed by atoms with Crippen LogP contribution in [0.25, 0.3) is 0 Å². The summed E-state index contributed by atoms with van der Waals surface area (Å²) in [5, 5.41) is 0.0477. The van der Waals surface area contributed by atoms with E-state index in [2.05, 4.69) is 102 Å². The summed E-state index contributed by atoms with van der Waals surface area (Å²) < 4.78 is 68.9. The van der Waals surface area contributed by atoms with Gasteiger partial charge in [-0.15, -0.1) is 0 Å². The van der Waals surface area contributed by atoms with Gasteiger partial charge in [-0.1, -0.05) is 94.0 Å². The van der Waals surface area contributed by atoms with Crippen molar-refractivity contribution in [1.82, 2.24) is 0 Å².